The molecule has 0 saturated carbocycles. The first-order valence-corrected chi connectivity index (χ1v) is 7.21. The number of Topliss-reactive ketones (excluding diaryl/α,β-unsaturated/α-hetero) is 1. The van der Waals surface area contributed by atoms with Crippen LogP contribution in [0.5, 0.6) is 17.2 Å². The Morgan fingerprint density at radius 2 is 1.70 bits per heavy atom. The van der Waals surface area contributed by atoms with E-state index >= 15 is 0 Å². The molecule has 1 aromatic rings. The number of piperidine rings is 1. The summed E-state index contributed by atoms with van der Waals surface area (Å²) >= 11 is 0. The number of rotatable bonds is 5. The van der Waals surface area contributed by atoms with Crippen LogP contribution in [0.2, 0.25) is 0 Å². The Morgan fingerprint density at radius 3 is 2.17 bits per heavy atom. The van der Waals surface area contributed by atoms with Gasteiger partial charge in [0.15, 0.2) is 17.3 Å². The van der Waals surface area contributed by atoms with E-state index < -0.39 is 11.9 Å². The highest BCUT2D eigenvalue weighted by Crippen LogP contribution is 2.41. The maximum atomic E-state index is 11.9. The second-order valence-corrected chi connectivity index (χ2v) is 5.12. The molecular weight excluding hydrogens is 302 g/mol. The van der Waals surface area contributed by atoms with E-state index in [0.717, 1.165) is 5.69 Å². The lowest BCUT2D eigenvalue weighted by Crippen LogP contribution is -2.44. The fraction of sp³-hybridized carbons (Fsp3) is 0.500. The fourth-order valence-electron chi connectivity index (χ4n) is 2.67. The summed E-state index contributed by atoms with van der Waals surface area (Å²) in [4.78, 5) is 25.6. The minimum Gasteiger partial charge on any atom is -0.493 e. The molecule has 1 atom stereocenters. The first-order valence-electron chi connectivity index (χ1n) is 7.21. The summed E-state index contributed by atoms with van der Waals surface area (Å²) < 4.78 is 20.7. The fourth-order valence-corrected chi connectivity index (χ4v) is 2.67. The van der Waals surface area contributed by atoms with Gasteiger partial charge in [0.25, 0.3) is 0 Å². The van der Waals surface area contributed by atoms with Crippen molar-refractivity contribution < 1.29 is 28.5 Å². The predicted molar refractivity (Wildman–Crippen MR) is 83.4 cm³/mol. The average molecular weight is 323 g/mol. The van der Waals surface area contributed by atoms with Gasteiger partial charge in [0.05, 0.1) is 28.4 Å². The molecule has 1 heterocycles. The number of carbonyl (C=O) groups is 2. The molecule has 7 nitrogen and oxygen atoms in total. The first kappa shape index (κ1) is 16.9. The Kier molecular flexibility index (Phi) is 5.31. The van der Waals surface area contributed by atoms with Crippen molar-refractivity contribution in [1.82, 2.24) is 0 Å². The number of methoxy groups -OCH3 is 4. The van der Waals surface area contributed by atoms with Crippen LogP contribution in [0.1, 0.15) is 6.42 Å². The molecule has 0 bridgehead atoms. The maximum absolute atomic E-state index is 11.9. The molecular formula is C16H21NO6. The highest BCUT2D eigenvalue weighted by atomic mass is 16.5. The summed E-state index contributed by atoms with van der Waals surface area (Å²) in [6, 6.07) is 3.59. The highest BCUT2D eigenvalue weighted by molar-refractivity contribution is 6.00. The van der Waals surface area contributed by atoms with Gasteiger partial charge in [-0.2, -0.15) is 0 Å². The Labute approximate surface area is 135 Å². The van der Waals surface area contributed by atoms with E-state index in [-0.39, 0.29) is 18.7 Å². The van der Waals surface area contributed by atoms with Crippen LogP contribution in [0, 0.1) is 5.92 Å². The SMILES string of the molecule is COC(=O)C1CN(c2cc(OC)c(OC)c(OC)c2)CCC1=O. The molecule has 1 aromatic carbocycles. The van der Waals surface area contributed by atoms with Crippen molar-refractivity contribution in [2.75, 3.05) is 46.4 Å². The van der Waals surface area contributed by atoms with Crippen LogP contribution < -0.4 is 19.1 Å². The Bertz CT molecular complexity index is 567. The summed E-state index contributed by atoms with van der Waals surface area (Å²) in [6.07, 6.45) is 0.288. The van der Waals surface area contributed by atoms with E-state index in [1.54, 1.807) is 12.1 Å². The Balaban J connectivity index is 2.34. The van der Waals surface area contributed by atoms with Crippen molar-refractivity contribution >= 4 is 17.4 Å². The number of esters is 1. The molecule has 1 saturated heterocycles. The van der Waals surface area contributed by atoms with Gasteiger partial charge in [-0.05, 0) is 0 Å². The minimum absolute atomic E-state index is 0.0967. The van der Waals surface area contributed by atoms with E-state index in [0.29, 0.717) is 23.8 Å². The van der Waals surface area contributed by atoms with Gasteiger partial charge in [-0.3, -0.25) is 9.59 Å². The van der Waals surface area contributed by atoms with Gasteiger partial charge in [0.2, 0.25) is 5.75 Å². The van der Waals surface area contributed by atoms with Crippen LogP contribution in [0.3, 0.4) is 0 Å². The number of hydrogen-bond acceptors (Lipinski definition) is 7. The smallest absolute Gasteiger partial charge is 0.318 e. The molecule has 0 spiro atoms. The van der Waals surface area contributed by atoms with Crippen molar-refractivity contribution in [2.24, 2.45) is 5.92 Å². The first-order chi connectivity index (χ1) is 11.0. The molecule has 7 heteroatoms. The lowest BCUT2D eigenvalue weighted by molar-refractivity contribution is -0.149. The Hall–Kier alpha value is -2.44. The second kappa shape index (κ2) is 7.21. The van der Waals surface area contributed by atoms with E-state index in [9.17, 15) is 9.59 Å². The third-order valence-electron chi connectivity index (χ3n) is 3.92. The summed E-state index contributed by atoms with van der Waals surface area (Å²) in [7, 11) is 5.90. The van der Waals surface area contributed by atoms with Gasteiger partial charge in [0.1, 0.15) is 5.92 Å². The molecule has 23 heavy (non-hydrogen) atoms. The molecule has 126 valence electrons. The molecule has 2 rings (SSSR count). The zero-order valence-corrected chi connectivity index (χ0v) is 13.8. The number of anilines is 1. The minimum atomic E-state index is -0.771. The molecule has 0 N–H and O–H groups in total. The normalized spacial score (nSPS) is 17.7. The van der Waals surface area contributed by atoms with E-state index in [1.165, 1.54) is 28.4 Å². The van der Waals surface area contributed by atoms with Gasteiger partial charge < -0.3 is 23.8 Å². The van der Waals surface area contributed by atoms with Crippen LogP contribution >= 0.6 is 0 Å². The maximum Gasteiger partial charge on any atom is 0.318 e. The van der Waals surface area contributed by atoms with Crippen molar-refractivity contribution in [2.45, 2.75) is 6.42 Å². The van der Waals surface area contributed by atoms with Gasteiger partial charge in [-0.15, -0.1) is 0 Å². The van der Waals surface area contributed by atoms with Crippen molar-refractivity contribution in [3.05, 3.63) is 12.1 Å². The quantitative estimate of drug-likeness (QED) is 0.597. The number of nitrogens with zero attached hydrogens (tertiary/aromatic N) is 1. The number of benzene rings is 1. The third-order valence-corrected chi connectivity index (χ3v) is 3.92. The van der Waals surface area contributed by atoms with Gasteiger partial charge >= 0.3 is 5.97 Å². The molecule has 1 unspecified atom stereocenters. The molecule has 0 aromatic heterocycles. The molecule has 0 aliphatic carbocycles. The van der Waals surface area contributed by atoms with Crippen molar-refractivity contribution in [3.8, 4) is 17.2 Å². The van der Waals surface area contributed by atoms with Crippen molar-refractivity contribution in [1.29, 1.82) is 0 Å². The summed E-state index contributed by atoms with van der Waals surface area (Å²) in [5.41, 5.74) is 0.793. The number of ether oxygens (including phenoxy) is 4. The van der Waals surface area contributed by atoms with Gasteiger partial charge in [-0.25, -0.2) is 0 Å². The molecule has 0 amide bonds. The topological polar surface area (TPSA) is 74.3 Å². The monoisotopic (exact) mass is 323 g/mol. The third kappa shape index (κ3) is 3.33. The average Bonchev–Trinajstić information content (AvgIpc) is 2.59. The Morgan fingerprint density at radius 1 is 1.09 bits per heavy atom. The van der Waals surface area contributed by atoms with Crippen LogP contribution in [0.25, 0.3) is 0 Å². The van der Waals surface area contributed by atoms with Crippen LogP contribution in [0.4, 0.5) is 5.69 Å². The molecule has 1 aliphatic rings. The summed E-state index contributed by atoms with van der Waals surface area (Å²) in [5, 5.41) is 0. The summed E-state index contributed by atoms with van der Waals surface area (Å²) in [5.74, 6) is 0.165. The second-order valence-electron chi connectivity index (χ2n) is 5.12. The standard InChI is InChI=1S/C16H21NO6/c1-20-13-7-10(8-14(21-2)15(13)22-3)17-6-5-12(18)11(9-17)16(19)23-4/h7-8,11H,5-6,9H2,1-4H3. The number of hydrogen-bond donors (Lipinski definition) is 0. The van der Waals surface area contributed by atoms with Crippen LogP contribution in [0.15, 0.2) is 12.1 Å². The lowest BCUT2D eigenvalue weighted by Gasteiger charge is -2.32. The zero-order valence-electron chi connectivity index (χ0n) is 13.8. The summed E-state index contributed by atoms with van der Waals surface area (Å²) in [6.45, 7) is 0.787. The van der Waals surface area contributed by atoms with Crippen molar-refractivity contribution in [3.63, 3.8) is 0 Å². The lowest BCUT2D eigenvalue weighted by atomic mass is 9.96. The van der Waals surface area contributed by atoms with Crippen LogP contribution in [-0.4, -0.2) is 53.3 Å². The number of ketones is 1. The van der Waals surface area contributed by atoms with Gasteiger partial charge in [-0.1, -0.05) is 0 Å². The predicted octanol–water partition coefficient (Wildman–Crippen LogP) is 1.28. The zero-order chi connectivity index (χ0) is 17.0. The molecule has 1 aliphatic heterocycles. The molecule has 1 fully saturated rings. The van der Waals surface area contributed by atoms with E-state index in [2.05, 4.69) is 0 Å². The molecule has 0 radical (unpaired) electrons. The van der Waals surface area contributed by atoms with Crippen LogP contribution in [-0.2, 0) is 14.3 Å². The highest BCUT2D eigenvalue weighted by Gasteiger charge is 2.34. The van der Waals surface area contributed by atoms with Gasteiger partial charge in [0, 0.05) is 37.3 Å². The van der Waals surface area contributed by atoms with E-state index in [1.807, 2.05) is 4.90 Å². The van der Waals surface area contributed by atoms with E-state index in [4.69, 9.17) is 18.9 Å². The largest absolute Gasteiger partial charge is 0.493 e. The number of carbonyl (C=O) groups excluding carboxylic acids is 2.